The lowest BCUT2D eigenvalue weighted by Gasteiger charge is -2.37. The summed E-state index contributed by atoms with van der Waals surface area (Å²) in [5, 5.41) is 2.31. The Morgan fingerprint density at radius 3 is 2.00 bits per heavy atom. The third-order valence-electron chi connectivity index (χ3n) is 8.53. The number of rotatable bonds is 6. The number of alkyl halides is 2. The molecule has 2 aliphatic heterocycles. The van der Waals surface area contributed by atoms with Gasteiger partial charge in [0.2, 0.25) is 0 Å². The first kappa shape index (κ1) is 31.3. The second-order valence-electron chi connectivity index (χ2n) is 11.0. The fraction of sp³-hybridized carbons (Fsp3) is 0.211. The van der Waals surface area contributed by atoms with E-state index in [2.05, 4.69) is 124 Å². The van der Waals surface area contributed by atoms with Crippen molar-refractivity contribution in [3.8, 4) is 28.4 Å². The van der Waals surface area contributed by atoms with Crippen molar-refractivity contribution in [2.45, 2.75) is 18.4 Å². The Hall–Kier alpha value is -3.64. The monoisotopic (exact) mass is 701 g/mol. The van der Waals surface area contributed by atoms with Crippen LogP contribution in [-0.2, 0) is 5.60 Å². The maximum atomic E-state index is 7.20. The van der Waals surface area contributed by atoms with Crippen LogP contribution in [0.5, 0.6) is 17.2 Å². The molecule has 4 nitrogen and oxygen atoms in total. The van der Waals surface area contributed by atoms with Gasteiger partial charge < -0.3 is 19.1 Å². The highest BCUT2D eigenvalue weighted by Crippen LogP contribution is 2.49. The number of ether oxygens (including phenoxy) is 3. The lowest BCUT2D eigenvalue weighted by Crippen LogP contribution is -2.34. The van der Waals surface area contributed by atoms with Gasteiger partial charge in [0.05, 0.1) is 19.6 Å². The molecule has 45 heavy (non-hydrogen) atoms. The van der Waals surface area contributed by atoms with Gasteiger partial charge in [-0.3, -0.25) is 0 Å². The van der Waals surface area contributed by atoms with Gasteiger partial charge in [0.15, 0.2) is 17.1 Å². The van der Waals surface area contributed by atoms with Crippen molar-refractivity contribution in [3.05, 3.63) is 124 Å². The molecule has 1 unspecified atom stereocenters. The third kappa shape index (κ3) is 6.14. The predicted molar refractivity (Wildman–Crippen MR) is 192 cm³/mol. The van der Waals surface area contributed by atoms with Crippen molar-refractivity contribution in [1.29, 1.82) is 0 Å². The van der Waals surface area contributed by atoms with Crippen LogP contribution in [0, 0.1) is 0 Å². The molecule has 0 bridgehead atoms. The maximum Gasteiger partial charge on any atom is 0.178 e. The van der Waals surface area contributed by atoms with Crippen LogP contribution in [0.4, 0.5) is 5.69 Å². The summed E-state index contributed by atoms with van der Waals surface area (Å²) in [5.41, 5.74) is 5.85. The number of halogens is 3. The highest BCUT2D eigenvalue weighted by molar-refractivity contribution is 9.10. The molecule has 2 heterocycles. The molecule has 0 spiro atoms. The summed E-state index contributed by atoms with van der Waals surface area (Å²) < 4.78 is 19.7. The highest BCUT2D eigenvalue weighted by atomic mass is 79.9. The Morgan fingerprint density at radius 2 is 1.38 bits per heavy atom. The number of hydrogen-bond donors (Lipinski definition) is 0. The largest absolute Gasteiger partial charge is 0.493 e. The Morgan fingerprint density at radius 1 is 0.778 bits per heavy atom. The Kier molecular flexibility index (Phi) is 9.60. The van der Waals surface area contributed by atoms with E-state index in [-0.39, 0.29) is 5.34 Å². The van der Waals surface area contributed by atoms with E-state index in [0.717, 1.165) is 61.9 Å². The molecule has 2 aliphatic rings. The molecule has 0 radical (unpaired) electrons. The summed E-state index contributed by atoms with van der Waals surface area (Å²) in [4.78, 5) is 2.46. The van der Waals surface area contributed by atoms with E-state index in [1.165, 1.54) is 18.5 Å². The predicted octanol–water partition coefficient (Wildman–Crippen LogP) is 10.7. The summed E-state index contributed by atoms with van der Waals surface area (Å²) in [5.74, 6) is 2.20. The number of benzene rings is 5. The van der Waals surface area contributed by atoms with E-state index in [1.54, 1.807) is 14.2 Å². The van der Waals surface area contributed by atoms with Gasteiger partial charge in [0, 0.05) is 39.9 Å². The SMILES string of the molecule is COc1cc2c(-c3ccc(Br)cc3)cc3c(c2cc1OC)C=CC(c1ccccc1)(c1ccc(N2CCCC2)cc1)O3.ClCCl. The fourth-order valence-corrected chi connectivity index (χ4v) is 6.60. The quantitative estimate of drug-likeness (QED) is 0.165. The molecule has 230 valence electrons. The van der Waals surface area contributed by atoms with Gasteiger partial charge in [-0.25, -0.2) is 0 Å². The normalized spacial score (nSPS) is 16.9. The first-order chi connectivity index (χ1) is 22.0. The molecule has 1 fully saturated rings. The number of anilines is 1. The number of nitrogens with zero attached hydrogens (tertiary/aromatic N) is 1. The van der Waals surface area contributed by atoms with Crippen LogP contribution in [-0.4, -0.2) is 32.6 Å². The third-order valence-corrected chi connectivity index (χ3v) is 9.05. The van der Waals surface area contributed by atoms with Crippen LogP contribution < -0.4 is 19.1 Å². The standard InChI is InChI=1S/C37H32BrNO3.CH2Cl2/c1-40-35-23-32-30-18-19-37(26-8-4-3-5-9-26,27-12-16-29(17-13-27)39-20-6-7-21-39)42-34(30)22-31(33(32)24-36(35)41-2)25-10-14-28(38)15-11-25;2-1-3/h3-5,8-19,22-24H,6-7,20-21H2,1-2H3;1H2. The summed E-state index contributed by atoms with van der Waals surface area (Å²) in [7, 11) is 3.35. The van der Waals surface area contributed by atoms with Crippen molar-refractivity contribution in [3.63, 3.8) is 0 Å². The molecule has 0 amide bonds. The Balaban J connectivity index is 0.00000115. The van der Waals surface area contributed by atoms with Crippen molar-refractivity contribution in [2.75, 3.05) is 37.5 Å². The zero-order valence-electron chi connectivity index (χ0n) is 25.2. The molecule has 0 N–H and O–H groups in total. The molecule has 7 heteroatoms. The smallest absolute Gasteiger partial charge is 0.178 e. The van der Waals surface area contributed by atoms with E-state index >= 15 is 0 Å². The van der Waals surface area contributed by atoms with Crippen LogP contribution in [0.2, 0.25) is 0 Å². The molecule has 5 aromatic rings. The summed E-state index contributed by atoms with van der Waals surface area (Å²) in [6.07, 6.45) is 6.91. The average Bonchev–Trinajstić information content (AvgIpc) is 3.63. The molecule has 0 aromatic heterocycles. The lowest BCUT2D eigenvalue weighted by molar-refractivity contribution is 0.161. The first-order valence-electron chi connectivity index (χ1n) is 14.9. The summed E-state index contributed by atoms with van der Waals surface area (Å²) in [6.45, 7) is 2.24. The summed E-state index contributed by atoms with van der Waals surface area (Å²) >= 11 is 13.1. The molecule has 1 atom stereocenters. The minimum atomic E-state index is -0.779. The van der Waals surface area contributed by atoms with Crippen LogP contribution in [0.1, 0.15) is 29.5 Å². The van der Waals surface area contributed by atoms with Gasteiger partial charge in [-0.2, -0.15) is 0 Å². The van der Waals surface area contributed by atoms with Crippen molar-refractivity contribution in [1.82, 2.24) is 0 Å². The first-order valence-corrected chi connectivity index (χ1v) is 16.8. The van der Waals surface area contributed by atoms with Crippen molar-refractivity contribution >= 4 is 61.7 Å². The van der Waals surface area contributed by atoms with Crippen LogP contribution in [0.3, 0.4) is 0 Å². The average molecular weight is 704 g/mol. The van der Waals surface area contributed by atoms with E-state index < -0.39 is 5.60 Å². The molecular formula is C38H34BrCl2NO3. The van der Waals surface area contributed by atoms with Gasteiger partial charge in [-0.15, -0.1) is 23.2 Å². The highest BCUT2D eigenvalue weighted by Gasteiger charge is 2.38. The van der Waals surface area contributed by atoms with E-state index in [9.17, 15) is 0 Å². The second kappa shape index (κ2) is 13.8. The lowest BCUT2D eigenvalue weighted by atomic mass is 9.82. The maximum absolute atomic E-state index is 7.20. The minimum absolute atomic E-state index is 0.194. The Bertz CT molecular complexity index is 1800. The zero-order valence-corrected chi connectivity index (χ0v) is 28.3. The van der Waals surface area contributed by atoms with E-state index in [0.29, 0.717) is 11.5 Å². The minimum Gasteiger partial charge on any atom is -0.493 e. The van der Waals surface area contributed by atoms with Gasteiger partial charge in [-0.1, -0.05) is 70.5 Å². The van der Waals surface area contributed by atoms with Gasteiger partial charge >= 0.3 is 0 Å². The molecular weight excluding hydrogens is 669 g/mol. The van der Waals surface area contributed by atoms with Crippen molar-refractivity contribution in [2.24, 2.45) is 0 Å². The molecule has 7 rings (SSSR count). The van der Waals surface area contributed by atoms with E-state index in [4.69, 9.17) is 37.4 Å². The number of fused-ring (bicyclic) bond motifs is 3. The second-order valence-corrected chi connectivity index (χ2v) is 12.7. The van der Waals surface area contributed by atoms with Gasteiger partial charge in [-0.05, 0) is 89.4 Å². The van der Waals surface area contributed by atoms with Crippen LogP contribution in [0.25, 0.3) is 28.0 Å². The van der Waals surface area contributed by atoms with Crippen molar-refractivity contribution < 1.29 is 14.2 Å². The molecule has 0 saturated carbocycles. The molecule has 0 aliphatic carbocycles. The van der Waals surface area contributed by atoms with Crippen LogP contribution in [0.15, 0.2) is 108 Å². The fourth-order valence-electron chi connectivity index (χ4n) is 6.33. The van der Waals surface area contributed by atoms with Gasteiger partial charge in [0.1, 0.15) is 5.75 Å². The number of hydrogen-bond acceptors (Lipinski definition) is 4. The number of methoxy groups -OCH3 is 2. The Labute approximate surface area is 283 Å². The summed E-state index contributed by atoms with van der Waals surface area (Å²) in [6, 6.07) is 34.1. The molecule has 5 aromatic carbocycles. The van der Waals surface area contributed by atoms with E-state index in [1.807, 2.05) is 6.07 Å². The topological polar surface area (TPSA) is 30.9 Å². The van der Waals surface area contributed by atoms with Crippen LogP contribution >= 0.6 is 39.1 Å². The van der Waals surface area contributed by atoms with Gasteiger partial charge in [0.25, 0.3) is 0 Å². The zero-order chi connectivity index (χ0) is 31.4. The molecule has 1 saturated heterocycles.